The lowest BCUT2D eigenvalue weighted by Gasteiger charge is -2.29. The monoisotopic (exact) mass is 808 g/mol. The van der Waals surface area contributed by atoms with E-state index < -0.39 is 8.56 Å². The number of hydrogen-bond donors (Lipinski definition) is 2. The van der Waals surface area contributed by atoms with Gasteiger partial charge in [-0.2, -0.15) is 0 Å². The first-order valence-electron chi connectivity index (χ1n) is 24.6. The maximum absolute atomic E-state index is 9.23. The van der Waals surface area contributed by atoms with E-state index in [4.69, 9.17) is 13.6 Å². The molecule has 0 aromatic carbocycles. The lowest BCUT2D eigenvalue weighted by molar-refractivity contribution is -0.104. The van der Waals surface area contributed by atoms with Gasteiger partial charge in [-0.25, -0.2) is 0 Å². The number of hydrogen-bond acceptors (Lipinski definition) is 6. The normalized spacial score (nSPS) is 16.6. The fraction of sp³-hybridized carbons (Fsp3) is 0.918. The van der Waals surface area contributed by atoms with Crippen LogP contribution in [0.2, 0.25) is 13.1 Å². The maximum atomic E-state index is 9.23. The van der Waals surface area contributed by atoms with Crippen molar-refractivity contribution in [1.82, 2.24) is 4.90 Å². The van der Waals surface area contributed by atoms with Gasteiger partial charge in [0, 0.05) is 26.3 Å². The molecule has 0 bridgehead atoms. The number of rotatable bonds is 45. The van der Waals surface area contributed by atoms with Crippen LogP contribution in [0.3, 0.4) is 0 Å². The Hall–Kier alpha value is -0.543. The molecule has 0 spiro atoms. The van der Waals surface area contributed by atoms with Gasteiger partial charge in [-0.15, -0.1) is 0 Å². The molecule has 0 heterocycles. The average molecular weight is 808 g/mol. The average Bonchev–Trinajstić information content (AvgIpc) is 3.94. The largest absolute Gasteiger partial charge is 0.395 e. The topological polar surface area (TPSA) is 71.4 Å². The number of aliphatic hydroxyl groups excluding tert-OH is 2. The van der Waals surface area contributed by atoms with Gasteiger partial charge in [0.1, 0.15) is 6.29 Å². The molecule has 1 saturated carbocycles. The fourth-order valence-corrected chi connectivity index (χ4v) is 9.53. The van der Waals surface area contributed by atoms with E-state index in [1.165, 1.54) is 148 Å². The third-order valence-electron chi connectivity index (χ3n) is 11.7. The third kappa shape index (κ3) is 35.4. The van der Waals surface area contributed by atoms with Crippen LogP contribution in [-0.2, 0) is 13.6 Å². The number of unbranched alkanes of at least 4 members (excludes halogenated alkanes) is 21. The number of allylic oxidation sites excluding steroid dienone is 4. The molecule has 332 valence electrons. The number of ether oxygens (including phenoxy) is 1. The Morgan fingerprint density at radius 1 is 0.554 bits per heavy atom. The van der Waals surface area contributed by atoms with E-state index in [9.17, 15) is 10.2 Å². The van der Waals surface area contributed by atoms with Crippen LogP contribution in [0.5, 0.6) is 0 Å². The molecular formula is C49H97NO5Si. The van der Waals surface area contributed by atoms with E-state index in [1.54, 1.807) is 0 Å². The molecule has 3 atom stereocenters. The quantitative estimate of drug-likeness (QED) is 0.0276. The summed E-state index contributed by atoms with van der Waals surface area (Å²) in [6, 6.07) is 0. The number of aliphatic hydroxyl groups is 2. The van der Waals surface area contributed by atoms with E-state index in [0.29, 0.717) is 13.1 Å². The summed E-state index contributed by atoms with van der Waals surface area (Å²) >= 11 is 0. The van der Waals surface area contributed by atoms with Gasteiger partial charge in [-0.1, -0.05) is 167 Å². The molecule has 0 aromatic rings. The van der Waals surface area contributed by atoms with Crippen molar-refractivity contribution in [1.29, 1.82) is 0 Å². The van der Waals surface area contributed by atoms with Gasteiger partial charge >= 0.3 is 8.56 Å². The first-order chi connectivity index (χ1) is 27.5. The molecular weight excluding hydrogens is 711 g/mol. The molecule has 56 heavy (non-hydrogen) atoms. The first-order valence-corrected chi connectivity index (χ1v) is 27.4. The standard InChI is InChI=1S/C49H97NO5Si/c1-5-7-9-11-13-14-15-16-17-18-19-20-21-26-32-38-49(55-56(3,4)54-45-35-29-27-33-39-50(40-42-51)41-43-52)53-44-34-28-23-22-25-31-37-48-46-47(48)36-30-24-12-10-8-6-2/h13-14,16-17,47-49,51-52H,5-12,15,18-46H2,1-4H3/b14-13-,17-16-. The second-order valence-corrected chi connectivity index (χ2v) is 20.9. The van der Waals surface area contributed by atoms with Crippen molar-refractivity contribution in [3.8, 4) is 0 Å². The second kappa shape index (κ2) is 39.9. The zero-order valence-corrected chi connectivity index (χ0v) is 39.0. The van der Waals surface area contributed by atoms with E-state index in [-0.39, 0.29) is 19.5 Å². The van der Waals surface area contributed by atoms with Gasteiger partial charge < -0.3 is 23.8 Å². The smallest absolute Gasteiger partial charge is 0.333 e. The van der Waals surface area contributed by atoms with Crippen molar-refractivity contribution >= 4 is 8.56 Å². The van der Waals surface area contributed by atoms with Crippen molar-refractivity contribution in [2.24, 2.45) is 11.8 Å². The van der Waals surface area contributed by atoms with Crippen LogP contribution in [0.4, 0.5) is 0 Å². The highest BCUT2D eigenvalue weighted by Crippen LogP contribution is 2.45. The molecule has 3 unspecified atom stereocenters. The van der Waals surface area contributed by atoms with E-state index in [1.807, 2.05) is 0 Å². The van der Waals surface area contributed by atoms with E-state index in [0.717, 1.165) is 83.0 Å². The highest BCUT2D eigenvalue weighted by atomic mass is 28.4. The molecule has 0 aliphatic heterocycles. The molecule has 2 N–H and O–H groups in total. The van der Waals surface area contributed by atoms with E-state index in [2.05, 4.69) is 56.1 Å². The summed E-state index contributed by atoms with van der Waals surface area (Å²) in [5.74, 6) is 2.13. The van der Waals surface area contributed by atoms with Crippen molar-refractivity contribution in [3.63, 3.8) is 0 Å². The summed E-state index contributed by atoms with van der Waals surface area (Å²) in [6.07, 6.45) is 49.3. The van der Waals surface area contributed by atoms with Crippen molar-refractivity contribution in [2.45, 2.75) is 232 Å². The van der Waals surface area contributed by atoms with Gasteiger partial charge in [-0.05, 0) is 102 Å². The molecule has 1 rings (SSSR count). The Bertz CT molecular complexity index is 863. The summed E-state index contributed by atoms with van der Waals surface area (Å²) in [6.45, 7) is 13.0. The van der Waals surface area contributed by atoms with Gasteiger partial charge in [0.05, 0.1) is 13.2 Å². The van der Waals surface area contributed by atoms with Crippen molar-refractivity contribution in [2.75, 3.05) is 46.1 Å². The molecule has 1 aliphatic carbocycles. The Kier molecular flexibility index (Phi) is 38.1. The summed E-state index contributed by atoms with van der Waals surface area (Å²) in [7, 11) is -2.30. The minimum Gasteiger partial charge on any atom is -0.395 e. The van der Waals surface area contributed by atoms with Crippen LogP contribution in [0, 0.1) is 11.8 Å². The van der Waals surface area contributed by atoms with Crippen LogP contribution < -0.4 is 0 Å². The molecule has 1 aliphatic rings. The SMILES string of the molecule is CCCCC/C=C\C/C=C\CCCCCCCC(OCCCCCCCCC1CC1CCCCCCCC)O[Si](C)(C)OCCCCCCN(CCO)CCO. The molecule has 0 radical (unpaired) electrons. The Morgan fingerprint density at radius 3 is 1.64 bits per heavy atom. The zero-order chi connectivity index (χ0) is 40.6. The van der Waals surface area contributed by atoms with Gasteiger partial charge in [0.15, 0.2) is 0 Å². The molecule has 0 amide bonds. The molecule has 6 nitrogen and oxygen atoms in total. The predicted molar refractivity (Wildman–Crippen MR) is 245 cm³/mol. The number of nitrogens with zero attached hydrogens (tertiary/aromatic N) is 1. The lowest BCUT2D eigenvalue weighted by Crippen LogP contribution is -2.40. The van der Waals surface area contributed by atoms with Gasteiger partial charge in [0.25, 0.3) is 0 Å². The van der Waals surface area contributed by atoms with Crippen molar-refractivity contribution in [3.05, 3.63) is 24.3 Å². The highest BCUT2D eigenvalue weighted by Gasteiger charge is 2.35. The van der Waals surface area contributed by atoms with Crippen LogP contribution in [0.1, 0.15) is 213 Å². The van der Waals surface area contributed by atoms with Gasteiger partial charge in [-0.3, -0.25) is 4.90 Å². The minimum absolute atomic E-state index is 0.147. The minimum atomic E-state index is -2.30. The van der Waals surface area contributed by atoms with Crippen LogP contribution in [0.15, 0.2) is 24.3 Å². The zero-order valence-electron chi connectivity index (χ0n) is 38.0. The molecule has 1 fully saturated rings. The fourth-order valence-electron chi connectivity index (χ4n) is 8.01. The predicted octanol–water partition coefficient (Wildman–Crippen LogP) is 13.8. The second-order valence-electron chi connectivity index (χ2n) is 17.6. The summed E-state index contributed by atoms with van der Waals surface area (Å²) < 4.78 is 19.5. The Balaban J connectivity index is 2.27. The van der Waals surface area contributed by atoms with E-state index >= 15 is 0 Å². The molecule has 7 heteroatoms. The molecule has 0 aromatic heterocycles. The Labute approximate surface area is 350 Å². The summed E-state index contributed by atoms with van der Waals surface area (Å²) in [5.41, 5.74) is 0. The summed E-state index contributed by atoms with van der Waals surface area (Å²) in [4.78, 5) is 2.14. The lowest BCUT2D eigenvalue weighted by atomic mass is 10.0. The highest BCUT2D eigenvalue weighted by molar-refractivity contribution is 6.64. The third-order valence-corrected chi connectivity index (χ3v) is 13.5. The van der Waals surface area contributed by atoms with Gasteiger partial charge in [0.2, 0.25) is 0 Å². The van der Waals surface area contributed by atoms with Crippen LogP contribution >= 0.6 is 0 Å². The molecule has 0 saturated heterocycles. The van der Waals surface area contributed by atoms with Crippen LogP contribution in [0.25, 0.3) is 0 Å². The maximum Gasteiger partial charge on any atom is 0.333 e. The summed E-state index contributed by atoms with van der Waals surface area (Å²) in [5, 5.41) is 18.5. The van der Waals surface area contributed by atoms with Crippen molar-refractivity contribution < 1.29 is 23.8 Å². The first kappa shape index (κ1) is 53.5. The Morgan fingerprint density at radius 2 is 1.04 bits per heavy atom. The van der Waals surface area contributed by atoms with Crippen LogP contribution in [-0.4, -0.2) is 76.0 Å².